The van der Waals surface area contributed by atoms with Crippen LogP contribution < -0.4 is 15.8 Å². The third-order valence-electron chi connectivity index (χ3n) is 3.60. The number of carbonyl (C=O) groups is 1. The van der Waals surface area contributed by atoms with Crippen LogP contribution in [0.5, 0.6) is 5.75 Å². The average Bonchev–Trinajstić information content (AvgIpc) is 2.45. The van der Waals surface area contributed by atoms with Gasteiger partial charge in [0, 0.05) is 0 Å². The van der Waals surface area contributed by atoms with Gasteiger partial charge in [-0.25, -0.2) is 0 Å². The molecule has 0 aliphatic rings. The van der Waals surface area contributed by atoms with Crippen LogP contribution >= 0.6 is 0 Å². The molecular formula is C18H30N2O2. The van der Waals surface area contributed by atoms with Crippen molar-refractivity contribution in [3.63, 3.8) is 0 Å². The van der Waals surface area contributed by atoms with E-state index in [-0.39, 0.29) is 11.9 Å². The van der Waals surface area contributed by atoms with Crippen molar-refractivity contribution in [1.82, 2.24) is 5.32 Å². The van der Waals surface area contributed by atoms with E-state index in [4.69, 9.17) is 10.5 Å². The first-order valence-corrected chi connectivity index (χ1v) is 8.09. The number of ether oxygens (including phenoxy) is 1. The van der Waals surface area contributed by atoms with E-state index in [9.17, 15) is 4.79 Å². The van der Waals surface area contributed by atoms with E-state index in [1.54, 1.807) is 6.92 Å². The van der Waals surface area contributed by atoms with Gasteiger partial charge in [0.2, 0.25) is 5.91 Å². The van der Waals surface area contributed by atoms with Gasteiger partial charge in [-0.15, -0.1) is 0 Å². The topological polar surface area (TPSA) is 64.4 Å². The summed E-state index contributed by atoms with van der Waals surface area (Å²) in [7, 11) is 0. The van der Waals surface area contributed by atoms with Crippen molar-refractivity contribution in [1.29, 1.82) is 0 Å². The molecular weight excluding hydrogens is 276 g/mol. The maximum Gasteiger partial charge on any atom is 0.240 e. The van der Waals surface area contributed by atoms with E-state index in [0.29, 0.717) is 18.9 Å². The lowest BCUT2D eigenvalue weighted by molar-refractivity contribution is -0.126. The lowest BCUT2D eigenvalue weighted by Crippen LogP contribution is -2.51. The first-order chi connectivity index (χ1) is 10.3. The molecule has 0 heterocycles. The normalized spacial score (nSPS) is 15.2. The molecule has 3 N–H and O–H groups in total. The van der Waals surface area contributed by atoms with Gasteiger partial charge >= 0.3 is 0 Å². The molecule has 0 spiro atoms. The van der Waals surface area contributed by atoms with E-state index >= 15 is 0 Å². The summed E-state index contributed by atoms with van der Waals surface area (Å²) < 4.78 is 5.66. The Kier molecular flexibility index (Phi) is 6.88. The Balaban J connectivity index is 2.62. The molecule has 0 saturated carbocycles. The highest BCUT2D eigenvalue weighted by Gasteiger charge is 2.28. The SMILES string of the molecule is CCCC(C)(N)C(=O)NC(C)c1ccc(OCC(C)C)cc1. The van der Waals surface area contributed by atoms with Crippen molar-refractivity contribution in [2.24, 2.45) is 11.7 Å². The molecule has 0 aliphatic heterocycles. The quantitative estimate of drug-likeness (QED) is 0.773. The zero-order valence-electron chi connectivity index (χ0n) is 14.5. The third kappa shape index (κ3) is 5.68. The Bertz CT molecular complexity index is 466. The minimum Gasteiger partial charge on any atom is -0.493 e. The first kappa shape index (κ1) is 18.5. The summed E-state index contributed by atoms with van der Waals surface area (Å²) >= 11 is 0. The minimum absolute atomic E-state index is 0.0774. The van der Waals surface area contributed by atoms with Crippen molar-refractivity contribution in [3.05, 3.63) is 29.8 Å². The predicted molar refractivity (Wildman–Crippen MR) is 90.8 cm³/mol. The van der Waals surface area contributed by atoms with Crippen LogP contribution in [0.2, 0.25) is 0 Å². The van der Waals surface area contributed by atoms with Crippen molar-refractivity contribution in [2.75, 3.05) is 6.61 Å². The summed E-state index contributed by atoms with van der Waals surface area (Å²) in [5.74, 6) is 1.24. The fourth-order valence-corrected chi connectivity index (χ4v) is 2.19. The summed E-state index contributed by atoms with van der Waals surface area (Å²) in [4.78, 5) is 12.2. The van der Waals surface area contributed by atoms with Crippen molar-refractivity contribution in [2.45, 2.75) is 59.0 Å². The van der Waals surface area contributed by atoms with Crippen LogP contribution in [-0.2, 0) is 4.79 Å². The number of hydrogen-bond donors (Lipinski definition) is 2. The van der Waals surface area contributed by atoms with Crippen LogP contribution in [0.1, 0.15) is 59.1 Å². The van der Waals surface area contributed by atoms with E-state index in [0.717, 1.165) is 17.7 Å². The van der Waals surface area contributed by atoms with Crippen LogP contribution in [0.25, 0.3) is 0 Å². The smallest absolute Gasteiger partial charge is 0.240 e. The highest BCUT2D eigenvalue weighted by Crippen LogP contribution is 2.19. The van der Waals surface area contributed by atoms with E-state index in [1.165, 1.54) is 0 Å². The molecule has 4 nitrogen and oxygen atoms in total. The van der Waals surface area contributed by atoms with Gasteiger partial charge < -0.3 is 15.8 Å². The maximum atomic E-state index is 12.2. The molecule has 0 aromatic heterocycles. The van der Waals surface area contributed by atoms with Gasteiger partial charge in [-0.3, -0.25) is 4.79 Å². The van der Waals surface area contributed by atoms with Gasteiger partial charge in [-0.1, -0.05) is 39.3 Å². The van der Waals surface area contributed by atoms with Gasteiger partial charge in [0.05, 0.1) is 18.2 Å². The van der Waals surface area contributed by atoms with Crippen LogP contribution in [0.4, 0.5) is 0 Å². The van der Waals surface area contributed by atoms with Gasteiger partial charge in [-0.05, 0) is 43.9 Å². The zero-order chi connectivity index (χ0) is 16.8. The minimum atomic E-state index is -0.816. The molecule has 0 fully saturated rings. The summed E-state index contributed by atoms with van der Waals surface area (Å²) in [6.45, 7) is 10.7. The first-order valence-electron chi connectivity index (χ1n) is 8.09. The number of nitrogens with two attached hydrogens (primary N) is 1. The molecule has 2 atom stereocenters. The van der Waals surface area contributed by atoms with Gasteiger partial charge in [0.15, 0.2) is 0 Å². The third-order valence-corrected chi connectivity index (χ3v) is 3.60. The van der Waals surface area contributed by atoms with E-state index in [2.05, 4.69) is 19.2 Å². The van der Waals surface area contributed by atoms with Crippen LogP contribution in [0.3, 0.4) is 0 Å². The van der Waals surface area contributed by atoms with Gasteiger partial charge in [0.1, 0.15) is 5.75 Å². The van der Waals surface area contributed by atoms with Crippen molar-refractivity contribution in [3.8, 4) is 5.75 Å². The van der Waals surface area contributed by atoms with Crippen molar-refractivity contribution < 1.29 is 9.53 Å². The summed E-state index contributed by atoms with van der Waals surface area (Å²) in [6, 6.07) is 7.76. The number of nitrogens with one attached hydrogen (secondary N) is 1. The Labute approximate surface area is 134 Å². The molecule has 4 heteroatoms. The molecule has 1 rings (SSSR count). The number of hydrogen-bond acceptors (Lipinski definition) is 3. The Morgan fingerprint density at radius 3 is 2.36 bits per heavy atom. The molecule has 1 aromatic rings. The van der Waals surface area contributed by atoms with E-state index in [1.807, 2.05) is 38.1 Å². The molecule has 0 saturated heterocycles. The molecule has 0 radical (unpaired) electrons. The van der Waals surface area contributed by atoms with Crippen LogP contribution in [0.15, 0.2) is 24.3 Å². The zero-order valence-corrected chi connectivity index (χ0v) is 14.5. The molecule has 0 aliphatic carbocycles. The lowest BCUT2D eigenvalue weighted by Gasteiger charge is -2.25. The Morgan fingerprint density at radius 2 is 1.86 bits per heavy atom. The fraction of sp³-hybridized carbons (Fsp3) is 0.611. The Morgan fingerprint density at radius 1 is 1.27 bits per heavy atom. The molecule has 0 bridgehead atoms. The van der Waals surface area contributed by atoms with Crippen LogP contribution in [-0.4, -0.2) is 18.1 Å². The summed E-state index contributed by atoms with van der Waals surface area (Å²) in [5.41, 5.74) is 6.28. The monoisotopic (exact) mass is 306 g/mol. The van der Waals surface area contributed by atoms with Gasteiger partial charge in [-0.2, -0.15) is 0 Å². The van der Waals surface area contributed by atoms with Crippen LogP contribution in [0, 0.1) is 5.92 Å². The van der Waals surface area contributed by atoms with E-state index < -0.39 is 5.54 Å². The number of carbonyl (C=O) groups excluding carboxylic acids is 1. The second-order valence-electron chi connectivity index (χ2n) is 6.64. The predicted octanol–water partition coefficient (Wildman–Crippen LogP) is 3.42. The molecule has 2 unspecified atom stereocenters. The molecule has 1 amide bonds. The highest BCUT2D eigenvalue weighted by molar-refractivity contribution is 5.85. The molecule has 1 aromatic carbocycles. The van der Waals surface area contributed by atoms with Gasteiger partial charge in [0.25, 0.3) is 0 Å². The largest absolute Gasteiger partial charge is 0.493 e. The number of rotatable bonds is 8. The molecule has 22 heavy (non-hydrogen) atoms. The lowest BCUT2D eigenvalue weighted by atomic mass is 9.95. The second kappa shape index (κ2) is 8.18. The summed E-state index contributed by atoms with van der Waals surface area (Å²) in [5, 5.41) is 2.99. The molecule has 124 valence electrons. The highest BCUT2D eigenvalue weighted by atomic mass is 16.5. The maximum absolute atomic E-state index is 12.2. The average molecular weight is 306 g/mol. The standard InChI is InChI=1S/C18H30N2O2/c1-6-11-18(5,19)17(21)20-14(4)15-7-9-16(10-8-15)22-12-13(2)3/h7-10,13-14H,6,11-12,19H2,1-5H3,(H,20,21). The number of amides is 1. The fourth-order valence-electron chi connectivity index (χ4n) is 2.19. The second-order valence-corrected chi connectivity index (χ2v) is 6.64. The number of benzene rings is 1. The van der Waals surface area contributed by atoms with Crippen molar-refractivity contribution >= 4 is 5.91 Å². The Hall–Kier alpha value is -1.55. The summed E-state index contributed by atoms with van der Waals surface area (Å²) in [6.07, 6.45) is 1.56.